The second kappa shape index (κ2) is 10.4. The van der Waals surface area contributed by atoms with Gasteiger partial charge >= 0.3 is 0 Å². The second-order valence-corrected chi connectivity index (χ2v) is 10.7. The molecule has 0 aliphatic heterocycles. The lowest BCUT2D eigenvalue weighted by atomic mass is 9.62. The van der Waals surface area contributed by atoms with Crippen LogP contribution in [0.3, 0.4) is 0 Å². The number of thioether (sulfide) groups is 1. The normalized spacial score (nSPS) is 15.9. The van der Waals surface area contributed by atoms with Gasteiger partial charge < -0.3 is 5.32 Å². The van der Waals surface area contributed by atoms with Crippen molar-refractivity contribution in [2.75, 3.05) is 12.3 Å². The number of carbonyl (C=O) groups excluding carboxylic acids is 1. The van der Waals surface area contributed by atoms with Gasteiger partial charge in [-0.15, -0.1) is 0 Å². The smallest absolute Gasteiger partial charge is 0.258 e. The standard InChI is InChI=1S/C29H33N3O2S/c1-2-32-27(34)25-26(23-14-8-7-13-22(23)19-29(25)16-9-4-10-17-29)31-28(32)35-20-24(33)30-18-15-21-11-5-3-6-12-21/h3,5-8,11-14H,2,4,9-10,15-20H2,1H3,(H,30,33). The van der Waals surface area contributed by atoms with Crippen molar-refractivity contribution in [2.24, 2.45) is 0 Å². The molecule has 5 rings (SSSR count). The maximum Gasteiger partial charge on any atom is 0.258 e. The first kappa shape index (κ1) is 23.9. The molecule has 0 saturated heterocycles. The zero-order chi connectivity index (χ0) is 24.3. The number of amides is 1. The fourth-order valence-electron chi connectivity index (χ4n) is 5.78. The van der Waals surface area contributed by atoms with Crippen molar-refractivity contribution in [1.29, 1.82) is 0 Å². The van der Waals surface area contributed by atoms with E-state index in [9.17, 15) is 9.59 Å². The lowest BCUT2D eigenvalue weighted by Gasteiger charge is -2.42. The Kier molecular flexibility index (Phi) is 7.09. The monoisotopic (exact) mass is 487 g/mol. The fraction of sp³-hybridized carbons (Fsp3) is 0.414. The third-order valence-corrected chi connectivity index (χ3v) is 8.48. The van der Waals surface area contributed by atoms with E-state index >= 15 is 0 Å². The van der Waals surface area contributed by atoms with Crippen LogP contribution in [-0.4, -0.2) is 27.8 Å². The van der Waals surface area contributed by atoms with Gasteiger partial charge in [-0.25, -0.2) is 4.98 Å². The number of nitrogens with zero attached hydrogens (tertiary/aromatic N) is 2. The van der Waals surface area contributed by atoms with E-state index in [1.807, 2.05) is 31.2 Å². The third kappa shape index (κ3) is 4.81. The first-order valence-electron chi connectivity index (χ1n) is 12.8. The quantitative estimate of drug-likeness (QED) is 0.370. The number of benzene rings is 2. The number of aromatic nitrogens is 2. The first-order chi connectivity index (χ1) is 17.1. The predicted octanol–water partition coefficient (Wildman–Crippen LogP) is 5.14. The van der Waals surface area contributed by atoms with Gasteiger partial charge in [0.15, 0.2) is 5.16 Å². The topological polar surface area (TPSA) is 64.0 Å². The fourth-order valence-corrected chi connectivity index (χ4v) is 6.67. The highest BCUT2D eigenvalue weighted by molar-refractivity contribution is 7.99. The van der Waals surface area contributed by atoms with Gasteiger partial charge in [0.25, 0.3) is 5.56 Å². The number of hydrogen-bond acceptors (Lipinski definition) is 4. The Labute approximate surface area is 211 Å². The molecular weight excluding hydrogens is 454 g/mol. The first-order valence-corrected chi connectivity index (χ1v) is 13.8. The van der Waals surface area contributed by atoms with E-state index in [0.717, 1.165) is 55.3 Å². The van der Waals surface area contributed by atoms with E-state index < -0.39 is 0 Å². The van der Waals surface area contributed by atoms with Crippen molar-refractivity contribution in [3.05, 3.63) is 81.6 Å². The van der Waals surface area contributed by atoms with Crippen LogP contribution < -0.4 is 10.9 Å². The summed E-state index contributed by atoms with van der Waals surface area (Å²) in [7, 11) is 0. The lowest BCUT2D eigenvalue weighted by molar-refractivity contribution is -0.118. The molecule has 3 aromatic rings. The molecule has 0 bridgehead atoms. The Balaban J connectivity index is 1.40. The van der Waals surface area contributed by atoms with E-state index in [-0.39, 0.29) is 22.6 Å². The molecule has 2 aliphatic carbocycles. The summed E-state index contributed by atoms with van der Waals surface area (Å²) < 4.78 is 1.78. The molecule has 2 aliphatic rings. The van der Waals surface area contributed by atoms with Gasteiger partial charge in [0.05, 0.1) is 17.0 Å². The molecule has 35 heavy (non-hydrogen) atoms. The van der Waals surface area contributed by atoms with Gasteiger partial charge in [0.1, 0.15) is 0 Å². The molecule has 0 atom stereocenters. The minimum Gasteiger partial charge on any atom is -0.355 e. The lowest BCUT2D eigenvalue weighted by Crippen LogP contribution is -2.43. The van der Waals surface area contributed by atoms with Crippen LogP contribution in [0.2, 0.25) is 0 Å². The maximum absolute atomic E-state index is 13.9. The Bertz CT molecular complexity index is 1260. The number of nitrogens with one attached hydrogen (secondary N) is 1. The van der Waals surface area contributed by atoms with Crippen LogP contribution in [0.5, 0.6) is 0 Å². The molecule has 1 aromatic heterocycles. The van der Waals surface area contributed by atoms with Crippen LogP contribution in [0.4, 0.5) is 0 Å². The molecule has 1 amide bonds. The van der Waals surface area contributed by atoms with Gasteiger partial charge in [-0.2, -0.15) is 0 Å². The van der Waals surface area contributed by atoms with Gasteiger partial charge in [-0.05, 0) is 43.7 Å². The van der Waals surface area contributed by atoms with Gasteiger partial charge in [0, 0.05) is 24.1 Å². The Morgan fingerprint density at radius 3 is 2.57 bits per heavy atom. The minimum absolute atomic E-state index is 0.0373. The van der Waals surface area contributed by atoms with Gasteiger partial charge in [-0.3, -0.25) is 14.2 Å². The number of carbonyl (C=O) groups is 1. The van der Waals surface area contributed by atoms with Crippen LogP contribution in [0.1, 0.15) is 55.7 Å². The molecular formula is C29H33N3O2S. The zero-order valence-electron chi connectivity index (χ0n) is 20.4. The average Bonchev–Trinajstić information content (AvgIpc) is 2.88. The molecule has 5 nitrogen and oxygen atoms in total. The summed E-state index contributed by atoms with van der Waals surface area (Å²) in [6.45, 7) is 3.14. The van der Waals surface area contributed by atoms with E-state index in [0.29, 0.717) is 18.2 Å². The minimum atomic E-state index is -0.110. The molecule has 0 radical (unpaired) electrons. The predicted molar refractivity (Wildman–Crippen MR) is 142 cm³/mol. The summed E-state index contributed by atoms with van der Waals surface area (Å²) in [6.07, 6.45) is 7.37. The van der Waals surface area contributed by atoms with Crippen LogP contribution in [0, 0.1) is 0 Å². The molecule has 0 unspecified atom stereocenters. The zero-order valence-corrected chi connectivity index (χ0v) is 21.2. The van der Waals surface area contributed by atoms with E-state index in [2.05, 4.69) is 35.6 Å². The molecule has 1 saturated carbocycles. The molecule has 1 fully saturated rings. The highest BCUT2D eigenvalue weighted by atomic mass is 32.2. The Morgan fingerprint density at radius 2 is 1.80 bits per heavy atom. The van der Waals surface area contributed by atoms with Crippen molar-refractivity contribution in [2.45, 2.75) is 69.0 Å². The number of fused-ring (bicyclic) bond motifs is 4. The van der Waals surface area contributed by atoms with E-state index in [1.54, 1.807) is 4.57 Å². The SMILES string of the molecule is CCn1c(SCC(=O)NCCc2ccccc2)nc2c(c1=O)C1(CCCCC1)Cc1ccccc1-2. The summed E-state index contributed by atoms with van der Waals surface area (Å²) in [5.41, 5.74) is 5.30. The molecule has 1 spiro atoms. The maximum atomic E-state index is 13.9. The molecule has 1 heterocycles. The molecule has 6 heteroatoms. The Morgan fingerprint density at radius 1 is 1.06 bits per heavy atom. The van der Waals surface area contributed by atoms with Crippen LogP contribution in [0.25, 0.3) is 11.3 Å². The largest absolute Gasteiger partial charge is 0.355 e. The summed E-state index contributed by atoms with van der Waals surface area (Å²) >= 11 is 1.36. The van der Waals surface area contributed by atoms with Crippen LogP contribution in [-0.2, 0) is 29.6 Å². The van der Waals surface area contributed by atoms with Crippen molar-refractivity contribution < 1.29 is 4.79 Å². The van der Waals surface area contributed by atoms with Crippen molar-refractivity contribution >= 4 is 17.7 Å². The highest BCUT2D eigenvalue weighted by Gasteiger charge is 2.43. The summed E-state index contributed by atoms with van der Waals surface area (Å²) in [4.78, 5) is 31.6. The summed E-state index contributed by atoms with van der Waals surface area (Å²) in [5.74, 6) is 0.206. The Hall–Kier alpha value is -2.86. The summed E-state index contributed by atoms with van der Waals surface area (Å²) in [6, 6.07) is 18.5. The summed E-state index contributed by atoms with van der Waals surface area (Å²) in [5, 5.41) is 3.64. The number of hydrogen-bond donors (Lipinski definition) is 1. The third-order valence-electron chi connectivity index (χ3n) is 7.50. The van der Waals surface area contributed by atoms with Gasteiger partial charge in [0.2, 0.25) is 5.91 Å². The van der Waals surface area contributed by atoms with Gasteiger partial charge in [-0.1, -0.05) is 85.6 Å². The molecule has 2 aromatic carbocycles. The van der Waals surface area contributed by atoms with Crippen molar-refractivity contribution in [3.63, 3.8) is 0 Å². The average molecular weight is 488 g/mol. The van der Waals surface area contributed by atoms with Crippen LogP contribution in [0.15, 0.2) is 64.5 Å². The van der Waals surface area contributed by atoms with Crippen LogP contribution >= 0.6 is 11.8 Å². The van der Waals surface area contributed by atoms with E-state index in [4.69, 9.17) is 4.98 Å². The molecule has 1 N–H and O–H groups in total. The van der Waals surface area contributed by atoms with E-state index in [1.165, 1.54) is 29.3 Å². The highest BCUT2D eigenvalue weighted by Crippen LogP contribution is 2.48. The van der Waals surface area contributed by atoms with Crippen molar-refractivity contribution in [1.82, 2.24) is 14.9 Å². The molecule has 182 valence electrons. The van der Waals surface area contributed by atoms with Crippen molar-refractivity contribution in [3.8, 4) is 11.3 Å². The number of rotatable bonds is 7. The second-order valence-electron chi connectivity index (χ2n) is 9.72.